The molecule has 0 aliphatic heterocycles. The standard InChI is InChI=1S/C18H20IN3O2S2/c1-5-9(15(20)17(23)24-18(2,3)4)16-21-8-10(22-16)11-6-12-13(25-11)7-14(19)26-12/h6-9,20H,5H2,1-4H3,(H,21,22). The Labute approximate surface area is 173 Å². The Kier molecular flexibility index (Phi) is 5.55. The Hall–Kier alpha value is -1.26. The van der Waals surface area contributed by atoms with Crippen LogP contribution in [0.4, 0.5) is 0 Å². The Bertz CT molecular complexity index is 933. The van der Waals surface area contributed by atoms with Gasteiger partial charge in [-0.3, -0.25) is 5.41 Å². The number of hydrogen-bond acceptors (Lipinski definition) is 6. The maximum Gasteiger partial charge on any atom is 0.353 e. The molecule has 0 spiro atoms. The highest BCUT2D eigenvalue weighted by Crippen LogP contribution is 2.38. The molecule has 3 heterocycles. The van der Waals surface area contributed by atoms with Crippen molar-refractivity contribution in [2.45, 2.75) is 45.6 Å². The van der Waals surface area contributed by atoms with Crippen molar-refractivity contribution >= 4 is 66.3 Å². The van der Waals surface area contributed by atoms with Gasteiger partial charge in [-0.2, -0.15) is 0 Å². The highest BCUT2D eigenvalue weighted by molar-refractivity contribution is 14.1. The van der Waals surface area contributed by atoms with Gasteiger partial charge in [-0.1, -0.05) is 6.92 Å². The van der Waals surface area contributed by atoms with Gasteiger partial charge in [0.15, 0.2) is 0 Å². The van der Waals surface area contributed by atoms with Gasteiger partial charge in [-0.15, -0.1) is 22.7 Å². The number of ether oxygens (including phenoxy) is 1. The number of fused-ring (bicyclic) bond motifs is 1. The van der Waals surface area contributed by atoms with E-state index in [2.05, 4.69) is 44.7 Å². The molecule has 0 fully saturated rings. The van der Waals surface area contributed by atoms with Crippen molar-refractivity contribution in [1.82, 2.24) is 9.97 Å². The second-order valence-electron chi connectivity index (χ2n) is 6.95. The summed E-state index contributed by atoms with van der Waals surface area (Å²) in [6, 6.07) is 4.34. The zero-order valence-corrected chi connectivity index (χ0v) is 18.8. The fraction of sp³-hybridized carbons (Fsp3) is 0.389. The predicted octanol–water partition coefficient (Wildman–Crippen LogP) is 5.81. The Morgan fingerprint density at radius 1 is 1.35 bits per heavy atom. The molecule has 26 heavy (non-hydrogen) atoms. The molecule has 138 valence electrons. The molecular formula is C18H20IN3O2S2. The largest absolute Gasteiger partial charge is 0.455 e. The van der Waals surface area contributed by atoms with E-state index >= 15 is 0 Å². The summed E-state index contributed by atoms with van der Waals surface area (Å²) in [7, 11) is 0. The second-order valence-corrected chi connectivity index (χ2v) is 11.0. The fourth-order valence-corrected chi connectivity index (χ4v) is 5.91. The Morgan fingerprint density at radius 2 is 2.04 bits per heavy atom. The molecule has 0 saturated heterocycles. The Balaban J connectivity index is 1.83. The molecule has 0 aromatic carbocycles. The number of halogens is 1. The topological polar surface area (TPSA) is 78.8 Å². The number of esters is 1. The van der Waals surface area contributed by atoms with Gasteiger partial charge < -0.3 is 9.72 Å². The summed E-state index contributed by atoms with van der Waals surface area (Å²) >= 11 is 5.82. The van der Waals surface area contributed by atoms with Crippen molar-refractivity contribution in [3.63, 3.8) is 0 Å². The number of nitrogens with zero attached hydrogens (tertiary/aromatic N) is 1. The number of carbonyl (C=O) groups is 1. The van der Waals surface area contributed by atoms with Crippen LogP contribution in [0.1, 0.15) is 45.9 Å². The summed E-state index contributed by atoms with van der Waals surface area (Å²) < 4.78 is 9.14. The number of hydrogen-bond donors (Lipinski definition) is 2. The zero-order chi connectivity index (χ0) is 19.1. The lowest BCUT2D eigenvalue weighted by atomic mass is 9.99. The van der Waals surface area contributed by atoms with E-state index in [4.69, 9.17) is 10.1 Å². The van der Waals surface area contributed by atoms with Gasteiger partial charge in [-0.25, -0.2) is 9.78 Å². The van der Waals surface area contributed by atoms with Crippen LogP contribution in [0, 0.1) is 8.29 Å². The number of aromatic amines is 1. The number of thiophene rings is 2. The Morgan fingerprint density at radius 3 is 2.65 bits per heavy atom. The van der Waals surface area contributed by atoms with Gasteiger partial charge in [-0.05, 0) is 61.9 Å². The molecule has 1 atom stereocenters. The van der Waals surface area contributed by atoms with E-state index in [-0.39, 0.29) is 5.71 Å². The third-order valence-electron chi connectivity index (χ3n) is 3.74. The third-order valence-corrected chi connectivity index (χ3v) is 6.83. The number of nitrogens with one attached hydrogen (secondary N) is 2. The lowest BCUT2D eigenvalue weighted by Gasteiger charge is -2.21. The molecule has 8 heteroatoms. The lowest BCUT2D eigenvalue weighted by Crippen LogP contribution is -2.31. The van der Waals surface area contributed by atoms with Crippen LogP contribution in [0.5, 0.6) is 0 Å². The molecular weight excluding hydrogens is 481 g/mol. The van der Waals surface area contributed by atoms with Crippen LogP contribution in [-0.4, -0.2) is 27.2 Å². The van der Waals surface area contributed by atoms with Crippen molar-refractivity contribution in [2.24, 2.45) is 0 Å². The average Bonchev–Trinajstić information content (AvgIpc) is 3.20. The van der Waals surface area contributed by atoms with E-state index in [9.17, 15) is 4.79 Å². The van der Waals surface area contributed by atoms with E-state index in [0.29, 0.717) is 12.2 Å². The van der Waals surface area contributed by atoms with E-state index in [1.54, 1.807) is 49.6 Å². The molecule has 0 saturated carbocycles. The van der Waals surface area contributed by atoms with Gasteiger partial charge in [0.1, 0.15) is 17.1 Å². The number of carbonyl (C=O) groups excluding carboxylic acids is 1. The normalized spacial score (nSPS) is 13.1. The molecule has 3 rings (SSSR count). The van der Waals surface area contributed by atoms with Crippen LogP contribution in [0.3, 0.4) is 0 Å². The molecule has 1 unspecified atom stereocenters. The highest BCUT2D eigenvalue weighted by Gasteiger charge is 2.28. The van der Waals surface area contributed by atoms with E-state index in [1.807, 2.05) is 6.92 Å². The maximum absolute atomic E-state index is 12.2. The molecule has 3 aromatic rings. The minimum absolute atomic E-state index is 0.0648. The first kappa shape index (κ1) is 19.5. The van der Waals surface area contributed by atoms with Gasteiger partial charge in [0.2, 0.25) is 0 Å². The number of rotatable bonds is 5. The van der Waals surface area contributed by atoms with Crippen LogP contribution in [0.25, 0.3) is 20.0 Å². The van der Waals surface area contributed by atoms with Crippen LogP contribution < -0.4 is 0 Å². The number of H-pyrrole nitrogens is 1. The fourth-order valence-electron chi connectivity index (χ4n) is 2.59. The van der Waals surface area contributed by atoms with Crippen LogP contribution >= 0.6 is 45.3 Å². The summed E-state index contributed by atoms with van der Waals surface area (Å²) in [5.74, 6) is -0.362. The number of imidazole rings is 1. The lowest BCUT2D eigenvalue weighted by molar-refractivity contribution is -0.146. The molecule has 5 nitrogen and oxygen atoms in total. The first-order valence-corrected chi connectivity index (χ1v) is 10.9. The molecule has 0 bridgehead atoms. The summed E-state index contributed by atoms with van der Waals surface area (Å²) in [6.07, 6.45) is 2.38. The van der Waals surface area contributed by atoms with Crippen LogP contribution in [0.15, 0.2) is 18.3 Å². The van der Waals surface area contributed by atoms with Gasteiger partial charge in [0, 0.05) is 9.40 Å². The number of aromatic nitrogens is 2. The molecule has 0 amide bonds. The molecule has 2 N–H and O–H groups in total. The summed E-state index contributed by atoms with van der Waals surface area (Å²) in [5, 5.41) is 8.24. The highest BCUT2D eigenvalue weighted by atomic mass is 127. The molecule has 3 aromatic heterocycles. The monoisotopic (exact) mass is 501 g/mol. The van der Waals surface area contributed by atoms with Crippen molar-refractivity contribution in [3.8, 4) is 10.6 Å². The smallest absolute Gasteiger partial charge is 0.353 e. The first-order valence-electron chi connectivity index (χ1n) is 8.24. The maximum atomic E-state index is 12.2. The van der Waals surface area contributed by atoms with Crippen LogP contribution in [0.2, 0.25) is 0 Å². The summed E-state index contributed by atoms with van der Waals surface area (Å²) in [6.45, 7) is 7.34. The minimum atomic E-state index is -0.615. The van der Waals surface area contributed by atoms with E-state index < -0.39 is 17.5 Å². The molecule has 0 radical (unpaired) electrons. The SMILES string of the molecule is CCC(C(=N)C(=O)OC(C)(C)C)c1ncc(-c2cc3sc(I)cc3s2)[nH]1. The minimum Gasteiger partial charge on any atom is -0.455 e. The second kappa shape index (κ2) is 7.40. The van der Waals surface area contributed by atoms with Crippen molar-refractivity contribution in [3.05, 3.63) is 27.0 Å². The quantitative estimate of drug-likeness (QED) is 0.263. The zero-order valence-electron chi connectivity index (χ0n) is 15.0. The third kappa shape index (κ3) is 4.17. The molecule has 0 aliphatic carbocycles. The van der Waals surface area contributed by atoms with Gasteiger partial charge in [0.05, 0.1) is 25.6 Å². The van der Waals surface area contributed by atoms with Crippen molar-refractivity contribution in [1.29, 1.82) is 5.41 Å². The van der Waals surface area contributed by atoms with Gasteiger partial charge >= 0.3 is 5.97 Å². The summed E-state index contributed by atoms with van der Waals surface area (Å²) in [5.41, 5.74) is 0.236. The van der Waals surface area contributed by atoms with Crippen molar-refractivity contribution < 1.29 is 9.53 Å². The first-order chi connectivity index (χ1) is 12.2. The van der Waals surface area contributed by atoms with Crippen LogP contribution in [-0.2, 0) is 9.53 Å². The van der Waals surface area contributed by atoms with Gasteiger partial charge in [0.25, 0.3) is 0 Å². The predicted molar refractivity (Wildman–Crippen MR) is 117 cm³/mol. The summed E-state index contributed by atoms with van der Waals surface area (Å²) in [4.78, 5) is 21.1. The van der Waals surface area contributed by atoms with E-state index in [1.165, 1.54) is 12.3 Å². The molecule has 0 aliphatic rings. The van der Waals surface area contributed by atoms with Crippen molar-refractivity contribution in [2.75, 3.05) is 0 Å². The van der Waals surface area contributed by atoms with E-state index in [0.717, 1.165) is 10.6 Å². The average molecular weight is 501 g/mol.